The quantitative estimate of drug-likeness (QED) is 0.812. The summed E-state index contributed by atoms with van der Waals surface area (Å²) >= 11 is 0. The molecular formula is C15H26N2. The first-order valence-electron chi connectivity index (χ1n) is 6.45. The highest BCUT2D eigenvalue weighted by Gasteiger charge is 2.17. The van der Waals surface area contributed by atoms with Gasteiger partial charge in [-0.25, -0.2) is 0 Å². The van der Waals surface area contributed by atoms with Crippen LogP contribution in [0.3, 0.4) is 0 Å². The van der Waals surface area contributed by atoms with E-state index in [1.807, 2.05) is 0 Å². The third kappa shape index (κ3) is 4.39. The standard InChI is InChI=1S/C15H26N2/c1-6-15(2,3)13-7-9-14(10-8-13)16-11-12-17(4)5/h7-10,16H,6,11-12H2,1-5H3. The molecule has 1 aromatic carbocycles. The Labute approximate surface area is 106 Å². The van der Waals surface area contributed by atoms with Gasteiger partial charge in [-0.3, -0.25) is 0 Å². The van der Waals surface area contributed by atoms with Crippen molar-refractivity contribution in [1.82, 2.24) is 4.90 Å². The van der Waals surface area contributed by atoms with Gasteiger partial charge in [0.1, 0.15) is 0 Å². The maximum Gasteiger partial charge on any atom is 0.0340 e. The molecule has 0 bridgehead atoms. The normalized spacial score (nSPS) is 11.9. The second-order valence-corrected chi connectivity index (χ2v) is 5.54. The van der Waals surface area contributed by atoms with Crippen LogP contribution >= 0.6 is 0 Å². The third-order valence-corrected chi connectivity index (χ3v) is 3.44. The fraction of sp³-hybridized carbons (Fsp3) is 0.600. The first-order valence-corrected chi connectivity index (χ1v) is 6.45. The van der Waals surface area contributed by atoms with E-state index in [1.54, 1.807) is 0 Å². The molecule has 0 atom stereocenters. The number of benzene rings is 1. The predicted octanol–water partition coefficient (Wildman–Crippen LogP) is 3.35. The van der Waals surface area contributed by atoms with Crippen molar-refractivity contribution in [3.8, 4) is 0 Å². The molecule has 0 aliphatic heterocycles. The second-order valence-electron chi connectivity index (χ2n) is 5.54. The average molecular weight is 234 g/mol. The first-order chi connectivity index (χ1) is 7.95. The number of anilines is 1. The minimum atomic E-state index is 0.280. The summed E-state index contributed by atoms with van der Waals surface area (Å²) in [6, 6.07) is 8.84. The fourth-order valence-electron chi connectivity index (χ4n) is 1.67. The minimum Gasteiger partial charge on any atom is -0.384 e. The highest BCUT2D eigenvalue weighted by Crippen LogP contribution is 2.27. The number of nitrogens with one attached hydrogen (secondary N) is 1. The van der Waals surface area contributed by atoms with Gasteiger partial charge in [-0.1, -0.05) is 32.9 Å². The van der Waals surface area contributed by atoms with Gasteiger partial charge in [0.2, 0.25) is 0 Å². The van der Waals surface area contributed by atoms with E-state index in [4.69, 9.17) is 0 Å². The molecule has 2 nitrogen and oxygen atoms in total. The van der Waals surface area contributed by atoms with Gasteiger partial charge in [0.05, 0.1) is 0 Å². The molecule has 0 radical (unpaired) electrons. The Hall–Kier alpha value is -1.02. The summed E-state index contributed by atoms with van der Waals surface area (Å²) in [4.78, 5) is 2.18. The van der Waals surface area contributed by atoms with Gasteiger partial charge in [-0.2, -0.15) is 0 Å². The molecule has 1 N–H and O–H groups in total. The van der Waals surface area contributed by atoms with Gasteiger partial charge in [0.15, 0.2) is 0 Å². The average Bonchev–Trinajstić information content (AvgIpc) is 2.29. The first kappa shape index (κ1) is 14.0. The van der Waals surface area contributed by atoms with Crippen molar-refractivity contribution < 1.29 is 0 Å². The van der Waals surface area contributed by atoms with Crippen molar-refractivity contribution >= 4 is 5.69 Å². The van der Waals surface area contributed by atoms with Gasteiger partial charge < -0.3 is 10.2 Å². The molecule has 17 heavy (non-hydrogen) atoms. The Balaban J connectivity index is 2.56. The molecule has 2 heteroatoms. The third-order valence-electron chi connectivity index (χ3n) is 3.44. The largest absolute Gasteiger partial charge is 0.384 e. The van der Waals surface area contributed by atoms with E-state index in [-0.39, 0.29) is 5.41 Å². The molecule has 0 unspecified atom stereocenters. The highest BCUT2D eigenvalue weighted by molar-refractivity contribution is 5.45. The summed E-state index contributed by atoms with van der Waals surface area (Å²) in [5.41, 5.74) is 2.91. The van der Waals surface area contributed by atoms with Gasteiger partial charge in [-0.15, -0.1) is 0 Å². The van der Waals surface area contributed by atoms with E-state index < -0.39 is 0 Å². The molecule has 0 spiro atoms. The molecule has 96 valence electrons. The molecular weight excluding hydrogens is 208 g/mol. The van der Waals surface area contributed by atoms with E-state index in [0.717, 1.165) is 13.1 Å². The smallest absolute Gasteiger partial charge is 0.0340 e. The molecule has 0 aliphatic rings. The zero-order valence-electron chi connectivity index (χ0n) is 11.9. The monoisotopic (exact) mass is 234 g/mol. The summed E-state index contributed by atoms with van der Waals surface area (Å²) in [7, 11) is 4.18. The van der Waals surface area contributed by atoms with Crippen LogP contribution in [-0.4, -0.2) is 32.1 Å². The van der Waals surface area contributed by atoms with E-state index in [0.29, 0.717) is 0 Å². The van der Waals surface area contributed by atoms with Crippen LogP contribution in [0.2, 0.25) is 0 Å². The Bertz CT molecular complexity index is 325. The fourth-order valence-corrected chi connectivity index (χ4v) is 1.67. The van der Waals surface area contributed by atoms with Crippen LogP contribution in [-0.2, 0) is 5.41 Å². The summed E-state index contributed by atoms with van der Waals surface area (Å²) < 4.78 is 0. The topological polar surface area (TPSA) is 15.3 Å². The number of hydrogen-bond acceptors (Lipinski definition) is 2. The SMILES string of the molecule is CCC(C)(C)c1ccc(NCCN(C)C)cc1. The van der Waals surface area contributed by atoms with Gasteiger partial charge >= 0.3 is 0 Å². The van der Waals surface area contributed by atoms with Crippen molar-refractivity contribution in [3.05, 3.63) is 29.8 Å². The number of likely N-dealkylation sites (N-methyl/N-ethyl adjacent to an activating group) is 1. The Kier molecular flexibility index (Phi) is 5.01. The van der Waals surface area contributed by atoms with Gasteiger partial charge in [-0.05, 0) is 43.6 Å². The molecule has 1 aromatic rings. The van der Waals surface area contributed by atoms with Crippen LogP contribution in [0.4, 0.5) is 5.69 Å². The van der Waals surface area contributed by atoms with E-state index in [2.05, 4.69) is 69.3 Å². The van der Waals surface area contributed by atoms with E-state index in [9.17, 15) is 0 Å². The van der Waals surface area contributed by atoms with Crippen molar-refractivity contribution in [2.75, 3.05) is 32.5 Å². The molecule has 0 amide bonds. The zero-order chi connectivity index (χ0) is 12.9. The van der Waals surface area contributed by atoms with Crippen LogP contribution < -0.4 is 5.32 Å². The lowest BCUT2D eigenvalue weighted by atomic mass is 9.82. The molecule has 0 fully saturated rings. The summed E-state index contributed by atoms with van der Waals surface area (Å²) in [5, 5.41) is 3.43. The van der Waals surface area contributed by atoms with E-state index >= 15 is 0 Å². The van der Waals surface area contributed by atoms with Crippen LogP contribution in [0, 0.1) is 0 Å². The number of hydrogen-bond donors (Lipinski definition) is 1. The molecule has 1 rings (SSSR count). The highest BCUT2D eigenvalue weighted by atomic mass is 15.1. The van der Waals surface area contributed by atoms with Crippen LogP contribution in [0.1, 0.15) is 32.8 Å². The maximum atomic E-state index is 3.43. The molecule has 0 heterocycles. The van der Waals surface area contributed by atoms with Gasteiger partial charge in [0, 0.05) is 18.8 Å². The number of nitrogens with zero attached hydrogens (tertiary/aromatic N) is 1. The molecule has 0 saturated heterocycles. The molecule has 0 aromatic heterocycles. The molecule has 0 aliphatic carbocycles. The Morgan fingerprint density at radius 3 is 2.18 bits per heavy atom. The van der Waals surface area contributed by atoms with Crippen molar-refractivity contribution in [3.63, 3.8) is 0 Å². The maximum absolute atomic E-state index is 3.43. The van der Waals surface area contributed by atoms with Crippen LogP contribution in [0.5, 0.6) is 0 Å². The Morgan fingerprint density at radius 1 is 1.12 bits per heavy atom. The summed E-state index contributed by atoms with van der Waals surface area (Å²) in [6.07, 6.45) is 1.17. The van der Waals surface area contributed by atoms with Crippen LogP contribution in [0.15, 0.2) is 24.3 Å². The van der Waals surface area contributed by atoms with Crippen molar-refractivity contribution in [2.45, 2.75) is 32.6 Å². The Morgan fingerprint density at radius 2 is 1.71 bits per heavy atom. The lowest BCUT2D eigenvalue weighted by Crippen LogP contribution is -2.21. The summed E-state index contributed by atoms with van der Waals surface area (Å²) in [6.45, 7) is 8.87. The van der Waals surface area contributed by atoms with Gasteiger partial charge in [0.25, 0.3) is 0 Å². The number of rotatable bonds is 6. The minimum absolute atomic E-state index is 0.280. The lowest BCUT2D eigenvalue weighted by Gasteiger charge is -2.23. The predicted molar refractivity (Wildman–Crippen MR) is 76.8 cm³/mol. The lowest BCUT2D eigenvalue weighted by molar-refractivity contribution is 0.425. The second kappa shape index (κ2) is 6.06. The zero-order valence-corrected chi connectivity index (χ0v) is 11.9. The molecule has 0 saturated carbocycles. The summed E-state index contributed by atoms with van der Waals surface area (Å²) in [5.74, 6) is 0. The van der Waals surface area contributed by atoms with Crippen molar-refractivity contribution in [2.24, 2.45) is 0 Å². The van der Waals surface area contributed by atoms with E-state index in [1.165, 1.54) is 17.7 Å². The van der Waals surface area contributed by atoms with Crippen molar-refractivity contribution in [1.29, 1.82) is 0 Å². The van der Waals surface area contributed by atoms with Crippen LogP contribution in [0.25, 0.3) is 0 Å².